The van der Waals surface area contributed by atoms with Crippen molar-refractivity contribution in [2.75, 3.05) is 0 Å². The Balaban J connectivity index is 0.000000352. The molecule has 0 saturated carbocycles. The van der Waals surface area contributed by atoms with Gasteiger partial charge in [-0.15, -0.1) is 11.3 Å². The van der Waals surface area contributed by atoms with Gasteiger partial charge in [0.05, 0.1) is 5.02 Å². The highest BCUT2D eigenvalue weighted by Crippen LogP contribution is 2.39. The molecule has 7 heteroatoms. The molecule has 0 amide bonds. The van der Waals surface area contributed by atoms with Crippen molar-refractivity contribution < 1.29 is 19.8 Å². The van der Waals surface area contributed by atoms with Crippen molar-refractivity contribution in [2.45, 2.75) is 19.8 Å². The monoisotopic (exact) mass is 410 g/mol. The number of ketones is 1. The average molecular weight is 411 g/mol. The van der Waals surface area contributed by atoms with Crippen LogP contribution in [0.3, 0.4) is 0 Å². The number of aliphatic carboxylic acids is 1. The van der Waals surface area contributed by atoms with Gasteiger partial charge in [-0.25, -0.2) is 0 Å². The van der Waals surface area contributed by atoms with Gasteiger partial charge in [0.25, 0.3) is 0 Å². The molecule has 3 rings (SSSR count). The van der Waals surface area contributed by atoms with Crippen molar-refractivity contribution in [1.82, 2.24) is 0 Å². The molecule has 0 radical (unpaired) electrons. The van der Waals surface area contributed by atoms with Gasteiger partial charge in [0.2, 0.25) is 5.78 Å². The van der Waals surface area contributed by atoms with Crippen molar-refractivity contribution in [3.05, 3.63) is 63.0 Å². The molecule has 2 aromatic carbocycles. The zero-order valence-electron chi connectivity index (χ0n) is 13.8. The molecule has 0 fully saturated rings. The second-order valence-corrected chi connectivity index (χ2v) is 7.27. The number of fused-ring (bicyclic) bond motifs is 1. The number of hydrogen-bond donors (Lipinski definition) is 2. The lowest BCUT2D eigenvalue weighted by Gasteiger charge is -2.01. The molecule has 0 aliphatic rings. The van der Waals surface area contributed by atoms with Crippen molar-refractivity contribution in [3.8, 4) is 5.75 Å². The zero-order valence-corrected chi connectivity index (χ0v) is 16.2. The van der Waals surface area contributed by atoms with Crippen molar-refractivity contribution in [2.24, 2.45) is 0 Å². The van der Waals surface area contributed by atoms with Gasteiger partial charge in [-0.2, -0.15) is 0 Å². The number of benzene rings is 2. The van der Waals surface area contributed by atoms with Gasteiger partial charge in [0.1, 0.15) is 10.6 Å². The van der Waals surface area contributed by atoms with E-state index >= 15 is 0 Å². The first-order chi connectivity index (χ1) is 12.3. The maximum atomic E-state index is 12.5. The van der Waals surface area contributed by atoms with Gasteiger partial charge >= 0.3 is 5.97 Å². The van der Waals surface area contributed by atoms with E-state index in [-0.39, 0.29) is 16.4 Å². The van der Waals surface area contributed by atoms with Gasteiger partial charge < -0.3 is 10.2 Å². The number of rotatable bonds is 4. The summed E-state index contributed by atoms with van der Waals surface area (Å²) in [4.78, 5) is 22.3. The molecule has 26 heavy (non-hydrogen) atoms. The Morgan fingerprint density at radius 3 is 2.38 bits per heavy atom. The maximum Gasteiger partial charge on any atom is 0.303 e. The summed E-state index contributed by atoms with van der Waals surface area (Å²) < 4.78 is 0.808. The van der Waals surface area contributed by atoms with Crippen LogP contribution in [0, 0.1) is 0 Å². The van der Waals surface area contributed by atoms with Gasteiger partial charge in [0.15, 0.2) is 0 Å². The Kier molecular flexibility index (Phi) is 7.03. The summed E-state index contributed by atoms with van der Waals surface area (Å²) >= 11 is 13.2. The highest BCUT2D eigenvalue weighted by atomic mass is 35.5. The van der Waals surface area contributed by atoms with Crippen LogP contribution in [0.15, 0.2) is 42.5 Å². The van der Waals surface area contributed by atoms with E-state index < -0.39 is 5.97 Å². The van der Waals surface area contributed by atoms with Crippen LogP contribution in [0.1, 0.15) is 35.0 Å². The molecule has 0 saturated heterocycles. The van der Waals surface area contributed by atoms with E-state index in [0.29, 0.717) is 27.4 Å². The van der Waals surface area contributed by atoms with Gasteiger partial charge in [-0.1, -0.05) is 42.3 Å². The van der Waals surface area contributed by atoms with Crippen LogP contribution in [-0.4, -0.2) is 22.0 Å². The number of carbonyl (C=O) groups excluding carboxylic acids is 1. The maximum absolute atomic E-state index is 12.5. The number of thiophene rings is 1. The van der Waals surface area contributed by atoms with Crippen molar-refractivity contribution in [3.63, 3.8) is 0 Å². The number of carbonyl (C=O) groups is 2. The first-order valence-electron chi connectivity index (χ1n) is 7.77. The lowest BCUT2D eigenvalue weighted by molar-refractivity contribution is -0.137. The van der Waals surface area contributed by atoms with Crippen LogP contribution in [0.25, 0.3) is 10.1 Å². The minimum atomic E-state index is -0.711. The van der Waals surface area contributed by atoms with Gasteiger partial charge in [-0.3, -0.25) is 9.59 Å². The molecular weight excluding hydrogens is 395 g/mol. The predicted octanol–water partition coefficient (Wildman–Crippen LogP) is 6.02. The number of carboxylic acid groups (broad SMARTS) is 1. The van der Waals surface area contributed by atoms with Crippen LogP contribution in [0.2, 0.25) is 10.0 Å². The third-order valence-corrected chi connectivity index (χ3v) is 5.14. The molecule has 0 aliphatic heterocycles. The van der Waals surface area contributed by atoms with Crippen LogP contribution in [-0.2, 0) is 4.79 Å². The number of carboxylic acids is 1. The fourth-order valence-corrected chi connectivity index (χ4v) is 3.62. The summed E-state index contributed by atoms with van der Waals surface area (Å²) in [7, 11) is 0. The van der Waals surface area contributed by atoms with Crippen LogP contribution in [0.5, 0.6) is 5.75 Å². The molecule has 2 N–H and O–H groups in total. The Morgan fingerprint density at radius 2 is 1.81 bits per heavy atom. The minimum Gasteiger partial charge on any atom is -0.506 e. The molecule has 1 aromatic heterocycles. The topological polar surface area (TPSA) is 74.6 Å². The van der Waals surface area contributed by atoms with Crippen molar-refractivity contribution >= 4 is 56.4 Å². The summed E-state index contributed by atoms with van der Waals surface area (Å²) in [6.45, 7) is 1.84. The molecule has 136 valence electrons. The van der Waals surface area contributed by atoms with E-state index in [1.54, 1.807) is 42.5 Å². The Labute approximate surface area is 164 Å². The highest BCUT2D eigenvalue weighted by Gasteiger charge is 2.21. The van der Waals surface area contributed by atoms with E-state index in [1.807, 2.05) is 6.92 Å². The fraction of sp³-hybridized carbons (Fsp3) is 0.158. The number of halogens is 2. The molecule has 3 aromatic rings. The van der Waals surface area contributed by atoms with Crippen LogP contribution >= 0.6 is 34.5 Å². The number of hydrogen-bond acceptors (Lipinski definition) is 4. The van der Waals surface area contributed by atoms with E-state index in [9.17, 15) is 14.7 Å². The standard InChI is InChI=1S/C15H8Cl2O2S.C4H8O2/c16-8-5-6-12-10(7-8)14(19)15(20-12)13(18)9-3-1-2-4-11(9)17;1-2-3-4(5)6/h1-7,19H;2-3H2,1H3,(H,5,6). The second kappa shape index (κ2) is 9.03. The lowest BCUT2D eigenvalue weighted by Crippen LogP contribution is -1.99. The predicted molar refractivity (Wildman–Crippen MR) is 106 cm³/mol. The largest absolute Gasteiger partial charge is 0.506 e. The quantitative estimate of drug-likeness (QED) is 0.515. The molecule has 0 bridgehead atoms. The van der Waals surface area contributed by atoms with E-state index in [2.05, 4.69) is 0 Å². The normalized spacial score (nSPS) is 10.3. The Hall–Kier alpha value is -2.08. The average Bonchev–Trinajstić information content (AvgIpc) is 2.92. The summed E-state index contributed by atoms with van der Waals surface area (Å²) in [6.07, 6.45) is 1.02. The summed E-state index contributed by atoms with van der Waals surface area (Å²) in [6, 6.07) is 11.9. The summed E-state index contributed by atoms with van der Waals surface area (Å²) in [5, 5.41) is 19.6. The minimum absolute atomic E-state index is 0.0441. The molecule has 1 heterocycles. The van der Waals surface area contributed by atoms with E-state index in [0.717, 1.165) is 11.1 Å². The molecule has 0 spiro atoms. The molecule has 0 unspecified atom stereocenters. The third-order valence-electron chi connectivity index (χ3n) is 3.41. The molecule has 0 aliphatic carbocycles. The van der Waals surface area contributed by atoms with Gasteiger partial charge in [-0.05, 0) is 36.8 Å². The molecule has 0 atom stereocenters. The SMILES string of the molecule is CCCC(=O)O.O=C(c1ccccc1Cl)c1sc2ccc(Cl)cc2c1O. The van der Waals surface area contributed by atoms with Crippen molar-refractivity contribution in [1.29, 1.82) is 0 Å². The molecule has 4 nitrogen and oxygen atoms in total. The lowest BCUT2D eigenvalue weighted by atomic mass is 10.1. The van der Waals surface area contributed by atoms with E-state index in [4.69, 9.17) is 28.3 Å². The molecular formula is C19H16Cl2O4S. The van der Waals surface area contributed by atoms with Crippen LogP contribution < -0.4 is 0 Å². The fourth-order valence-electron chi connectivity index (χ4n) is 2.19. The Bertz CT molecular complexity index is 950. The smallest absolute Gasteiger partial charge is 0.303 e. The first-order valence-corrected chi connectivity index (χ1v) is 9.34. The second-order valence-electron chi connectivity index (χ2n) is 5.37. The highest BCUT2D eigenvalue weighted by molar-refractivity contribution is 7.21. The zero-order chi connectivity index (χ0) is 19.3. The third kappa shape index (κ3) is 4.75. The van der Waals surface area contributed by atoms with E-state index in [1.165, 1.54) is 11.3 Å². The van der Waals surface area contributed by atoms with Crippen LogP contribution in [0.4, 0.5) is 0 Å². The summed E-state index contributed by atoms with van der Waals surface area (Å²) in [5.41, 5.74) is 0.377. The summed E-state index contributed by atoms with van der Waals surface area (Å²) in [5.74, 6) is -1.04. The van der Waals surface area contributed by atoms with Gasteiger partial charge in [0, 0.05) is 27.1 Å². The Morgan fingerprint density at radius 1 is 1.12 bits per heavy atom. The first kappa shape index (κ1) is 20.2. The number of aromatic hydroxyl groups is 1.